The van der Waals surface area contributed by atoms with Crippen LogP contribution < -0.4 is 19.6 Å². The van der Waals surface area contributed by atoms with Crippen LogP contribution in [0.1, 0.15) is 11.1 Å². The fraction of sp³-hybridized carbons (Fsp3) is 0.391. The Kier molecular flexibility index (Phi) is 8.72. The molecule has 3 rings (SSSR count). The van der Waals surface area contributed by atoms with Gasteiger partial charge in [0.1, 0.15) is 0 Å². The van der Waals surface area contributed by atoms with E-state index in [2.05, 4.69) is 20.3 Å². The van der Waals surface area contributed by atoms with Gasteiger partial charge in [-0.2, -0.15) is 5.10 Å². The molecule has 0 aliphatic carbocycles. The minimum absolute atomic E-state index is 0.153. The van der Waals surface area contributed by atoms with E-state index in [1.54, 1.807) is 39.7 Å². The number of hydrazone groups is 1. The van der Waals surface area contributed by atoms with Crippen molar-refractivity contribution in [3.63, 3.8) is 0 Å². The van der Waals surface area contributed by atoms with Crippen LogP contribution in [0.2, 0.25) is 5.02 Å². The third-order valence-electron chi connectivity index (χ3n) is 5.24. The number of nitrogens with zero attached hydrogens (tertiary/aromatic N) is 3. The first-order valence-electron chi connectivity index (χ1n) is 10.3. The topological polar surface area (TPSA) is 75.6 Å². The third-order valence-corrected chi connectivity index (χ3v) is 5.49. The van der Waals surface area contributed by atoms with Crippen molar-refractivity contribution in [2.24, 2.45) is 5.10 Å². The van der Waals surface area contributed by atoms with Crippen molar-refractivity contribution in [2.75, 3.05) is 54.1 Å². The second-order valence-corrected chi connectivity index (χ2v) is 7.87. The summed E-state index contributed by atoms with van der Waals surface area (Å²) >= 11 is 5.95. The lowest BCUT2D eigenvalue weighted by Crippen LogP contribution is -2.48. The molecule has 2 aromatic rings. The number of carbonyl (C=O) groups excluding carboxylic acids is 1. The molecule has 0 bridgehead atoms. The van der Waals surface area contributed by atoms with E-state index in [9.17, 15) is 4.79 Å². The van der Waals surface area contributed by atoms with Gasteiger partial charge < -0.3 is 14.2 Å². The normalized spacial score (nSPS) is 15.0. The van der Waals surface area contributed by atoms with Crippen LogP contribution in [0.15, 0.2) is 41.5 Å². The Balaban J connectivity index is 1.45. The van der Waals surface area contributed by atoms with Gasteiger partial charge in [-0.05, 0) is 29.8 Å². The number of rotatable bonds is 9. The number of methoxy groups -OCH3 is 3. The first-order valence-corrected chi connectivity index (χ1v) is 10.7. The molecule has 0 spiro atoms. The van der Waals surface area contributed by atoms with Crippen LogP contribution in [-0.4, -0.2) is 76.0 Å². The molecule has 1 heterocycles. The maximum absolute atomic E-state index is 12.3. The van der Waals surface area contributed by atoms with E-state index in [1.165, 1.54) is 5.56 Å². The average Bonchev–Trinajstić information content (AvgIpc) is 2.81. The largest absolute Gasteiger partial charge is 0.493 e. The van der Waals surface area contributed by atoms with E-state index in [4.69, 9.17) is 25.8 Å². The van der Waals surface area contributed by atoms with Crippen molar-refractivity contribution in [1.29, 1.82) is 0 Å². The standard InChI is InChI=1S/C23H29ClN4O4/c1-30-20-12-18(13-21(31-2)23(20)32-3)14-25-26-22(29)16-28-10-8-27(9-11-28)15-17-4-6-19(24)7-5-17/h4-7,12-14H,8-11,15-16H2,1-3H3,(H,26,29)/b25-14-. The number of benzene rings is 2. The molecule has 0 unspecified atom stereocenters. The van der Waals surface area contributed by atoms with E-state index in [0.717, 1.165) is 43.3 Å². The molecule has 8 nitrogen and oxygen atoms in total. The summed E-state index contributed by atoms with van der Waals surface area (Å²) in [7, 11) is 4.65. The molecular weight excluding hydrogens is 432 g/mol. The summed E-state index contributed by atoms with van der Waals surface area (Å²) in [6, 6.07) is 11.4. The molecule has 0 radical (unpaired) electrons. The number of piperazine rings is 1. The van der Waals surface area contributed by atoms with Gasteiger partial charge in [-0.25, -0.2) is 5.43 Å². The number of carbonyl (C=O) groups is 1. The van der Waals surface area contributed by atoms with Crippen molar-refractivity contribution in [3.8, 4) is 17.2 Å². The smallest absolute Gasteiger partial charge is 0.254 e. The summed E-state index contributed by atoms with van der Waals surface area (Å²) in [6.07, 6.45) is 1.55. The van der Waals surface area contributed by atoms with E-state index >= 15 is 0 Å². The molecular formula is C23H29ClN4O4. The molecule has 1 fully saturated rings. The van der Waals surface area contributed by atoms with Gasteiger partial charge in [0.2, 0.25) is 5.75 Å². The van der Waals surface area contributed by atoms with Gasteiger partial charge in [0.15, 0.2) is 11.5 Å². The van der Waals surface area contributed by atoms with Crippen LogP contribution in [0.3, 0.4) is 0 Å². The number of ether oxygens (including phenoxy) is 3. The Morgan fingerprint density at radius 3 is 2.16 bits per heavy atom. The van der Waals surface area contributed by atoms with Crippen LogP contribution in [0.25, 0.3) is 0 Å². The summed E-state index contributed by atoms with van der Waals surface area (Å²) in [5.41, 5.74) is 4.54. The summed E-state index contributed by atoms with van der Waals surface area (Å²) in [5.74, 6) is 1.40. The van der Waals surface area contributed by atoms with E-state index in [1.807, 2.05) is 24.3 Å². The lowest BCUT2D eigenvalue weighted by molar-refractivity contribution is -0.122. The Hall–Kier alpha value is -2.81. The highest BCUT2D eigenvalue weighted by Crippen LogP contribution is 2.37. The third kappa shape index (κ3) is 6.59. The zero-order chi connectivity index (χ0) is 22.9. The van der Waals surface area contributed by atoms with Crippen molar-refractivity contribution in [3.05, 3.63) is 52.5 Å². The molecule has 1 amide bonds. The minimum Gasteiger partial charge on any atom is -0.493 e. The number of nitrogens with one attached hydrogen (secondary N) is 1. The Bertz CT molecular complexity index is 903. The van der Waals surface area contributed by atoms with Crippen LogP contribution >= 0.6 is 11.6 Å². The minimum atomic E-state index is -0.153. The lowest BCUT2D eigenvalue weighted by Gasteiger charge is -2.34. The molecule has 0 atom stereocenters. The van der Waals surface area contributed by atoms with Gasteiger partial charge >= 0.3 is 0 Å². The zero-order valence-electron chi connectivity index (χ0n) is 18.6. The maximum atomic E-state index is 12.3. The highest BCUT2D eigenvalue weighted by atomic mass is 35.5. The molecule has 2 aromatic carbocycles. The first-order chi connectivity index (χ1) is 15.5. The van der Waals surface area contributed by atoms with E-state index in [-0.39, 0.29) is 5.91 Å². The molecule has 172 valence electrons. The lowest BCUT2D eigenvalue weighted by atomic mass is 10.2. The summed E-state index contributed by atoms with van der Waals surface area (Å²) in [4.78, 5) is 16.8. The molecule has 1 saturated heterocycles. The maximum Gasteiger partial charge on any atom is 0.254 e. The summed E-state index contributed by atoms with van der Waals surface area (Å²) < 4.78 is 16.0. The number of halogens is 1. The van der Waals surface area contributed by atoms with Gasteiger partial charge in [-0.15, -0.1) is 0 Å². The molecule has 1 aliphatic heterocycles. The Morgan fingerprint density at radius 2 is 1.59 bits per heavy atom. The monoisotopic (exact) mass is 460 g/mol. The predicted octanol–water partition coefficient (Wildman–Crippen LogP) is 2.63. The van der Waals surface area contributed by atoms with Gasteiger partial charge in [0.25, 0.3) is 5.91 Å². The van der Waals surface area contributed by atoms with Crippen LogP contribution in [0, 0.1) is 0 Å². The van der Waals surface area contributed by atoms with Crippen LogP contribution in [0.5, 0.6) is 17.2 Å². The molecule has 1 N–H and O–H groups in total. The Labute approximate surface area is 193 Å². The van der Waals surface area contributed by atoms with Crippen molar-refractivity contribution in [1.82, 2.24) is 15.2 Å². The SMILES string of the molecule is COc1cc(/C=N\NC(=O)CN2CCN(Cc3ccc(Cl)cc3)CC2)cc(OC)c1OC. The second-order valence-electron chi connectivity index (χ2n) is 7.43. The molecule has 32 heavy (non-hydrogen) atoms. The number of hydrogen-bond acceptors (Lipinski definition) is 7. The zero-order valence-corrected chi connectivity index (χ0v) is 19.4. The highest BCUT2D eigenvalue weighted by molar-refractivity contribution is 6.30. The molecule has 9 heteroatoms. The average molecular weight is 461 g/mol. The predicted molar refractivity (Wildman–Crippen MR) is 125 cm³/mol. The van der Waals surface area contributed by atoms with Gasteiger partial charge in [0, 0.05) is 43.3 Å². The van der Waals surface area contributed by atoms with Gasteiger partial charge in [0.05, 0.1) is 34.1 Å². The van der Waals surface area contributed by atoms with Crippen molar-refractivity contribution in [2.45, 2.75) is 6.54 Å². The Morgan fingerprint density at radius 1 is 1.00 bits per heavy atom. The van der Waals surface area contributed by atoms with Gasteiger partial charge in [-0.1, -0.05) is 23.7 Å². The molecule has 0 saturated carbocycles. The van der Waals surface area contributed by atoms with E-state index in [0.29, 0.717) is 23.8 Å². The summed E-state index contributed by atoms with van der Waals surface area (Å²) in [5, 5.41) is 4.81. The molecule has 1 aliphatic rings. The van der Waals surface area contributed by atoms with Crippen molar-refractivity contribution >= 4 is 23.7 Å². The first kappa shape index (κ1) is 23.8. The quantitative estimate of drug-likeness (QED) is 0.458. The van der Waals surface area contributed by atoms with E-state index < -0.39 is 0 Å². The fourth-order valence-corrected chi connectivity index (χ4v) is 3.67. The second kappa shape index (κ2) is 11.7. The number of amides is 1. The van der Waals surface area contributed by atoms with Gasteiger partial charge in [-0.3, -0.25) is 14.6 Å². The van der Waals surface area contributed by atoms with Crippen LogP contribution in [-0.2, 0) is 11.3 Å². The molecule has 0 aromatic heterocycles. The fourth-order valence-electron chi connectivity index (χ4n) is 3.55. The van der Waals surface area contributed by atoms with Crippen molar-refractivity contribution < 1.29 is 19.0 Å². The van der Waals surface area contributed by atoms with Crippen LogP contribution in [0.4, 0.5) is 0 Å². The number of hydrogen-bond donors (Lipinski definition) is 1. The highest BCUT2D eigenvalue weighted by Gasteiger charge is 2.19. The summed E-state index contributed by atoms with van der Waals surface area (Å²) in [6.45, 7) is 4.67.